The molecule has 98 valence electrons. The van der Waals surface area contributed by atoms with Crippen LogP contribution in [-0.4, -0.2) is 28.1 Å². The molecule has 0 spiro atoms. The van der Waals surface area contributed by atoms with Crippen molar-refractivity contribution >= 4 is 28.2 Å². The molecule has 1 heterocycles. The van der Waals surface area contributed by atoms with Crippen molar-refractivity contribution < 1.29 is 9.59 Å². The normalized spacial score (nSPS) is 16.2. The zero-order valence-corrected chi connectivity index (χ0v) is 11.6. The Hall–Kier alpha value is -1.43. The van der Waals surface area contributed by atoms with Crippen LogP contribution in [-0.2, 0) is 4.79 Å². The lowest BCUT2D eigenvalue weighted by Crippen LogP contribution is -2.38. The zero-order chi connectivity index (χ0) is 13.3. The number of hydrogen-bond donors (Lipinski definition) is 2. The predicted octanol–water partition coefficient (Wildman–Crippen LogP) is 1.73. The average Bonchev–Trinajstić information content (AvgIpc) is 3.02. The van der Waals surface area contributed by atoms with E-state index in [2.05, 4.69) is 15.0 Å². The van der Waals surface area contributed by atoms with Crippen molar-refractivity contribution in [3.8, 4) is 0 Å². The lowest BCUT2D eigenvalue weighted by molar-refractivity contribution is -0.121. The van der Waals surface area contributed by atoms with E-state index >= 15 is 0 Å². The number of rotatable bonds is 5. The van der Waals surface area contributed by atoms with E-state index in [0.717, 1.165) is 12.8 Å². The first-order valence-corrected chi connectivity index (χ1v) is 6.80. The molecule has 6 heteroatoms. The summed E-state index contributed by atoms with van der Waals surface area (Å²) in [7, 11) is 0. The fourth-order valence-electron chi connectivity index (χ4n) is 1.70. The number of anilines is 1. The van der Waals surface area contributed by atoms with E-state index in [1.165, 1.54) is 18.5 Å². The summed E-state index contributed by atoms with van der Waals surface area (Å²) < 4.78 is 4.15. The molecule has 1 atom stereocenters. The van der Waals surface area contributed by atoms with Crippen molar-refractivity contribution in [3.63, 3.8) is 0 Å². The standard InChI is InChI=1S/C12H17N3O2S/c1-6-10(8(3)16)12(18-15-6)13-7(2)11(17)14-9-4-5-9/h7,9,13H,4-5H2,1-3H3,(H,14,17). The third-order valence-electron chi connectivity index (χ3n) is 2.88. The first-order chi connectivity index (χ1) is 8.49. The molecule has 1 aliphatic rings. The van der Waals surface area contributed by atoms with Gasteiger partial charge < -0.3 is 10.6 Å². The van der Waals surface area contributed by atoms with Gasteiger partial charge in [-0.1, -0.05) is 0 Å². The Morgan fingerprint density at radius 2 is 2.11 bits per heavy atom. The summed E-state index contributed by atoms with van der Waals surface area (Å²) in [6.45, 7) is 5.10. The summed E-state index contributed by atoms with van der Waals surface area (Å²) in [6, 6.07) is -0.0132. The van der Waals surface area contributed by atoms with E-state index in [1.807, 2.05) is 0 Å². The summed E-state index contributed by atoms with van der Waals surface area (Å²) in [5, 5.41) is 6.68. The largest absolute Gasteiger partial charge is 0.364 e. The molecule has 0 saturated heterocycles. The second-order valence-corrected chi connectivity index (χ2v) is 5.45. The van der Waals surface area contributed by atoms with Crippen molar-refractivity contribution in [2.24, 2.45) is 0 Å². The van der Waals surface area contributed by atoms with Gasteiger partial charge in [0, 0.05) is 6.04 Å². The second-order valence-electron chi connectivity index (χ2n) is 4.68. The lowest BCUT2D eigenvalue weighted by Gasteiger charge is -2.14. The molecule has 0 aliphatic heterocycles. The van der Waals surface area contributed by atoms with E-state index < -0.39 is 0 Å². The van der Waals surface area contributed by atoms with E-state index in [0.29, 0.717) is 22.3 Å². The molecule has 1 aromatic rings. The molecule has 1 aliphatic carbocycles. The number of nitrogens with zero attached hydrogens (tertiary/aromatic N) is 1. The van der Waals surface area contributed by atoms with Crippen LogP contribution in [0.1, 0.15) is 42.7 Å². The molecule has 1 saturated carbocycles. The Morgan fingerprint density at radius 1 is 1.44 bits per heavy atom. The summed E-state index contributed by atoms with van der Waals surface area (Å²) in [4.78, 5) is 23.3. The number of aromatic nitrogens is 1. The van der Waals surface area contributed by atoms with Crippen LogP contribution in [0, 0.1) is 6.92 Å². The molecule has 1 unspecified atom stereocenters. The van der Waals surface area contributed by atoms with Gasteiger partial charge in [0.1, 0.15) is 11.0 Å². The van der Waals surface area contributed by atoms with Gasteiger partial charge in [-0.2, -0.15) is 4.37 Å². The van der Waals surface area contributed by atoms with Gasteiger partial charge >= 0.3 is 0 Å². The Labute approximate surface area is 110 Å². The molecular weight excluding hydrogens is 250 g/mol. The van der Waals surface area contributed by atoms with Gasteiger partial charge in [-0.05, 0) is 45.1 Å². The number of nitrogens with one attached hydrogen (secondary N) is 2. The monoisotopic (exact) mass is 267 g/mol. The van der Waals surface area contributed by atoms with Gasteiger partial charge in [-0.15, -0.1) is 0 Å². The van der Waals surface area contributed by atoms with Crippen molar-refractivity contribution in [1.82, 2.24) is 9.69 Å². The number of aryl methyl sites for hydroxylation is 1. The molecule has 2 N–H and O–H groups in total. The molecule has 1 fully saturated rings. The van der Waals surface area contributed by atoms with Crippen molar-refractivity contribution in [3.05, 3.63) is 11.3 Å². The molecule has 1 amide bonds. The van der Waals surface area contributed by atoms with E-state index in [4.69, 9.17) is 0 Å². The minimum Gasteiger partial charge on any atom is -0.364 e. The Bertz CT molecular complexity index is 480. The van der Waals surface area contributed by atoms with Crippen LogP contribution in [0.15, 0.2) is 0 Å². The summed E-state index contributed by atoms with van der Waals surface area (Å²) in [6.07, 6.45) is 2.13. The van der Waals surface area contributed by atoms with Crippen LogP contribution in [0.2, 0.25) is 0 Å². The maximum absolute atomic E-state index is 11.8. The van der Waals surface area contributed by atoms with Crippen LogP contribution in [0.3, 0.4) is 0 Å². The highest BCUT2D eigenvalue weighted by Gasteiger charge is 2.26. The highest BCUT2D eigenvalue weighted by Crippen LogP contribution is 2.26. The fraction of sp³-hybridized carbons (Fsp3) is 0.583. The third-order valence-corrected chi connectivity index (χ3v) is 3.75. The summed E-state index contributed by atoms with van der Waals surface area (Å²) in [5.41, 5.74) is 1.30. The number of carbonyl (C=O) groups is 2. The summed E-state index contributed by atoms with van der Waals surface area (Å²) >= 11 is 1.22. The lowest BCUT2D eigenvalue weighted by atomic mass is 10.2. The van der Waals surface area contributed by atoms with E-state index in [-0.39, 0.29) is 17.7 Å². The van der Waals surface area contributed by atoms with Gasteiger partial charge in [0.05, 0.1) is 11.3 Å². The maximum atomic E-state index is 11.8. The van der Waals surface area contributed by atoms with Crippen molar-refractivity contribution in [1.29, 1.82) is 0 Å². The number of ketones is 1. The Kier molecular flexibility index (Phi) is 3.65. The van der Waals surface area contributed by atoms with Crippen LogP contribution >= 0.6 is 11.5 Å². The molecule has 0 bridgehead atoms. The van der Waals surface area contributed by atoms with Gasteiger partial charge in [0.25, 0.3) is 0 Å². The summed E-state index contributed by atoms with van der Waals surface area (Å²) in [5.74, 6) is -0.0587. The van der Waals surface area contributed by atoms with Crippen LogP contribution in [0.5, 0.6) is 0 Å². The van der Waals surface area contributed by atoms with Crippen molar-refractivity contribution in [2.75, 3.05) is 5.32 Å². The minimum atomic E-state index is -0.358. The molecule has 1 aromatic heterocycles. The first kappa shape index (κ1) is 13.0. The van der Waals surface area contributed by atoms with Gasteiger partial charge in [0.15, 0.2) is 5.78 Å². The molecular formula is C12H17N3O2S. The second kappa shape index (κ2) is 5.06. The first-order valence-electron chi connectivity index (χ1n) is 6.03. The van der Waals surface area contributed by atoms with Gasteiger partial charge in [-0.25, -0.2) is 0 Å². The number of carbonyl (C=O) groups excluding carboxylic acids is 2. The predicted molar refractivity (Wildman–Crippen MR) is 71.1 cm³/mol. The zero-order valence-electron chi connectivity index (χ0n) is 10.7. The quantitative estimate of drug-likeness (QED) is 0.797. The molecule has 0 radical (unpaired) electrons. The molecule has 18 heavy (non-hydrogen) atoms. The number of Topliss-reactive ketones (excluding diaryl/α,β-unsaturated/α-hetero) is 1. The van der Waals surface area contributed by atoms with Gasteiger partial charge in [-0.3, -0.25) is 9.59 Å². The Balaban J connectivity index is 2.03. The Morgan fingerprint density at radius 3 is 2.67 bits per heavy atom. The average molecular weight is 267 g/mol. The van der Waals surface area contributed by atoms with Crippen molar-refractivity contribution in [2.45, 2.75) is 45.7 Å². The SMILES string of the molecule is CC(=O)c1c(C)nsc1NC(C)C(=O)NC1CC1. The third kappa shape index (κ3) is 2.87. The minimum absolute atomic E-state index is 0.0291. The highest BCUT2D eigenvalue weighted by molar-refractivity contribution is 7.10. The molecule has 5 nitrogen and oxygen atoms in total. The van der Waals surface area contributed by atoms with Gasteiger partial charge in [0.2, 0.25) is 5.91 Å². The highest BCUT2D eigenvalue weighted by atomic mass is 32.1. The fourth-order valence-corrected chi connectivity index (χ4v) is 2.63. The maximum Gasteiger partial charge on any atom is 0.242 e. The number of amides is 1. The van der Waals surface area contributed by atoms with Crippen LogP contribution < -0.4 is 10.6 Å². The topological polar surface area (TPSA) is 71.1 Å². The van der Waals surface area contributed by atoms with E-state index in [9.17, 15) is 9.59 Å². The van der Waals surface area contributed by atoms with Crippen LogP contribution in [0.4, 0.5) is 5.00 Å². The van der Waals surface area contributed by atoms with Crippen LogP contribution in [0.25, 0.3) is 0 Å². The molecule has 2 rings (SSSR count). The van der Waals surface area contributed by atoms with E-state index in [1.54, 1.807) is 13.8 Å². The number of hydrogen-bond acceptors (Lipinski definition) is 5. The smallest absolute Gasteiger partial charge is 0.242 e. The molecule has 0 aromatic carbocycles.